The molecular weight excluding hydrogens is 300 g/mol. The lowest BCUT2D eigenvalue weighted by atomic mass is 9.92. The molecule has 1 aromatic heterocycles. The van der Waals surface area contributed by atoms with Gasteiger partial charge in [0, 0.05) is 16.7 Å². The number of benzene rings is 2. The van der Waals surface area contributed by atoms with E-state index in [1.807, 2.05) is 42.5 Å². The minimum Gasteiger partial charge on any atom is -0.281 e. The van der Waals surface area contributed by atoms with E-state index >= 15 is 0 Å². The number of fused-ring (bicyclic) bond motifs is 1. The van der Waals surface area contributed by atoms with Crippen LogP contribution in [-0.4, -0.2) is 22.3 Å². The summed E-state index contributed by atoms with van der Waals surface area (Å²) in [6.45, 7) is 6.17. The van der Waals surface area contributed by atoms with Gasteiger partial charge in [-0.05, 0) is 16.8 Å². The number of hydrazone groups is 1. The monoisotopic (exact) mass is 320 g/mol. The normalized spacial score (nSPS) is 12.0. The minimum atomic E-state index is -0.335. The maximum absolute atomic E-state index is 12.1. The first-order valence-corrected chi connectivity index (χ1v) is 7.82. The molecule has 0 aliphatic carbocycles. The maximum Gasteiger partial charge on any atom is 0.291 e. The number of carbonyl (C=O) groups excluding carboxylic acids is 1. The SMILES string of the molecule is CC(C)(C)c1cc(C(=O)N/N=C\c2cccc3ccccc23)n[nH]1. The number of amides is 1. The minimum absolute atomic E-state index is 0.0856. The van der Waals surface area contributed by atoms with Crippen LogP contribution in [0.1, 0.15) is 42.5 Å². The van der Waals surface area contributed by atoms with Gasteiger partial charge in [-0.25, -0.2) is 5.43 Å². The summed E-state index contributed by atoms with van der Waals surface area (Å²) in [5, 5.41) is 13.2. The van der Waals surface area contributed by atoms with E-state index in [-0.39, 0.29) is 11.3 Å². The number of nitrogens with zero attached hydrogens (tertiary/aromatic N) is 2. The summed E-state index contributed by atoms with van der Waals surface area (Å²) in [7, 11) is 0. The topological polar surface area (TPSA) is 70.1 Å². The summed E-state index contributed by atoms with van der Waals surface area (Å²) >= 11 is 0. The fourth-order valence-electron chi connectivity index (χ4n) is 2.40. The average Bonchev–Trinajstić information content (AvgIpc) is 3.05. The Morgan fingerprint density at radius 1 is 1.17 bits per heavy atom. The van der Waals surface area contributed by atoms with Gasteiger partial charge >= 0.3 is 0 Å². The Balaban J connectivity index is 1.74. The number of H-pyrrole nitrogens is 1. The second kappa shape index (κ2) is 6.28. The van der Waals surface area contributed by atoms with Crippen molar-refractivity contribution in [1.29, 1.82) is 0 Å². The molecule has 0 radical (unpaired) electrons. The van der Waals surface area contributed by atoms with Crippen molar-refractivity contribution >= 4 is 22.9 Å². The van der Waals surface area contributed by atoms with Crippen molar-refractivity contribution in [2.75, 3.05) is 0 Å². The molecule has 122 valence electrons. The van der Waals surface area contributed by atoms with E-state index < -0.39 is 0 Å². The highest BCUT2D eigenvalue weighted by Gasteiger charge is 2.19. The molecule has 0 spiro atoms. The molecule has 3 aromatic rings. The molecule has 3 rings (SSSR count). The smallest absolute Gasteiger partial charge is 0.281 e. The molecule has 0 bridgehead atoms. The molecule has 0 fully saturated rings. The van der Waals surface area contributed by atoms with Crippen LogP contribution in [0.5, 0.6) is 0 Å². The van der Waals surface area contributed by atoms with Gasteiger partial charge in [-0.15, -0.1) is 0 Å². The zero-order chi connectivity index (χ0) is 17.2. The second-order valence-electron chi connectivity index (χ2n) is 6.68. The maximum atomic E-state index is 12.1. The molecule has 24 heavy (non-hydrogen) atoms. The van der Waals surface area contributed by atoms with Gasteiger partial charge in [-0.2, -0.15) is 10.2 Å². The third-order valence-corrected chi connectivity index (χ3v) is 3.81. The average molecular weight is 320 g/mol. The molecule has 0 saturated heterocycles. The number of hydrogen-bond donors (Lipinski definition) is 2. The molecule has 0 aliphatic rings. The van der Waals surface area contributed by atoms with Crippen LogP contribution in [0.3, 0.4) is 0 Å². The predicted molar refractivity (Wildman–Crippen MR) is 96.3 cm³/mol. The Bertz CT molecular complexity index is 898. The number of rotatable bonds is 3. The Morgan fingerprint density at radius 3 is 2.67 bits per heavy atom. The fourth-order valence-corrected chi connectivity index (χ4v) is 2.40. The first-order valence-electron chi connectivity index (χ1n) is 7.82. The van der Waals surface area contributed by atoms with Crippen molar-refractivity contribution in [2.45, 2.75) is 26.2 Å². The van der Waals surface area contributed by atoms with Gasteiger partial charge in [-0.1, -0.05) is 63.2 Å². The van der Waals surface area contributed by atoms with Crippen LogP contribution in [0, 0.1) is 0 Å². The third kappa shape index (κ3) is 3.35. The second-order valence-corrected chi connectivity index (χ2v) is 6.68. The molecule has 1 amide bonds. The van der Waals surface area contributed by atoms with Gasteiger partial charge in [0.1, 0.15) is 0 Å². The van der Waals surface area contributed by atoms with Gasteiger partial charge < -0.3 is 0 Å². The molecule has 5 nitrogen and oxygen atoms in total. The van der Waals surface area contributed by atoms with Crippen LogP contribution >= 0.6 is 0 Å². The van der Waals surface area contributed by atoms with Crippen molar-refractivity contribution < 1.29 is 4.79 Å². The van der Waals surface area contributed by atoms with E-state index in [1.54, 1.807) is 12.3 Å². The van der Waals surface area contributed by atoms with Crippen LogP contribution in [0.15, 0.2) is 53.6 Å². The summed E-state index contributed by atoms with van der Waals surface area (Å²) in [4.78, 5) is 12.1. The van der Waals surface area contributed by atoms with Crippen LogP contribution < -0.4 is 5.43 Å². The molecule has 2 N–H and O–H groups in total. The Kier molecular flexibility index (Phi) is 4.16. The standard InChI is InChI=1S/C19H20N4O/c1-19(2,3)17-11-16(21-22-17)18(24)23-20-12-14-9-6-8-13-7-4-5-10-15(13)14/h4-12H,1-3H3,(H,21,22)(H,23,24)/b20-12-. The van der Waals surface area contributed by atoms with Gasteiger partial charge in [0.2, 0.25) is 0 Å². The van der Waals surface area contributed by atoms with Gasteiger partial charge in [0.15, 0.2) is 5.69 Å². The molecular formula is C19H20N4O. The highest BCUT2D eigenvalue weighted by molar-refractivity contribution is 6.00. The molecule has 0 unspecified atom stereocenters. The van der Waals surface area contributed by atoms with Crippen molar-refractivity contribution in [3.63, 3.8) is 0 Å². The zero-order valence-electron chi connectivity index (χ0n) is 14.0. The van der Waals surface area contributed by atoms with E-state index in [0.29, 0.717) is 5.69 Å². The number of aromatic amines is 1. The number of nitrogens with one attached hydrogen (secondary N) is 2. The largest absolute Gasteiger partial charge is 0.291 e. The Labute approximate surface area is 140 Å². The van der Waals surface area contributed by atoms with E-state index in [9.17, 15) is 4.79 Å². The molecule has 2 aromatic carbocycles. The number of hydrogen-bond acceptors (Lipinski definition) is 3. The van der Waals surface area contributed by atoms with Crippen LogP contribution in [0.25, 0.3) is 10.8 Å². The third-order valence-electron chi connectivity index (χ3n) is 3.81. The number of aromatic nitrogens is 2. The van der Waals surface area contributed by atoms with Gasteiger partial charge in [0.25, 0.3) is 5.91 Å². The molecule has 5 heteroatoms. The molecule has 1 heterocycles. The van der Waals surface area contributed by atoms with Gasteiger partial charge in [-0.3, -0.25) is 9.89 Å². The highest BCUT2D eigenvalue weighted by Crippen LogP contribution is 2.20. The first kappa shape index (κ1) is 15.9. The zero-order valence-corrected chi connectivity index (χ0v) is 14.0. The molecule has 0 atom stereocenters. The molecule has 0 aliphatic heterocycles. The van der Waals surface area contributed by atoms with Crippen molar-refractivity contribution in [1.82, 2.24) is 15.6 Å². The lowest BCUT2D eigenvalue weighted by Gasteiger charge is -2.14. The van der Waals surface area contributed by atoms with Crippen LogP contribution in [0.4, 0.5) is 0 Å². The van der Waals surface area contributed by atoms with E-state index in [0.717, 1.165) is 22.0 Å². The quantitative estimate of drug-likeness (QED) is 0.571. The van der Waals surface area contributed by atoms with Crippen LogP contribution in [0.2, 0.25) is 0 Å². The van der Waals surface area contributed by atoms with E-state index in [2.05, 4.69) is 41.5 Å². The predicted octanol–water partition coefficient (Wildman–Crippen LogP) is 3.62. The lowest BCUT2D eigenvalue weighted by Crippen LogP contribution is -2.18. The summed E-state index contributed by atoms with van der Waals surface area (Å²) in [6.07, 6.45) is 1.65. The Hall–Kier alpha value is -2.95. The number of carbonyl (C=O) groups is 1. The summed E-state index contributed by atoms with van der Waals surface area (Å²) in [5.41, 5.74) is 4.63. The summed E-state index contributed by atoms with van der Waals surface area (Å²) in [5.74, 6) is -0.335. The summed E-state index contributed by atoms with van der Waals surface area (Å²) < 4.78 is 0. The fraction of sp³-hybridized carbons (Fsp3) is 0.211. The van der Waals surface area contributed by atoms with Crippen LogP contribution in [-0.2, 0) is 5.41 Å². The van der Waals surface area contributed by atoms with E-state index in [1.165, 1.54) is 0 Å². The first-order chi connectivity index (χ1) is 11.4. The highest BCUT2D eigenvalue weighted by atomic mass is 16.2. The van der Waals surface area contributed by atoms with E-state index in [4.69, 9.17) is 0 Å². The molecule has 0 saturated carbocycles. The van der Waals surface area contributed by atoms with Gasteiger partial charge in [0.05, 0.1) is 6.21 Å². The Morgan fingerprint density at radius 2 is 1.92 bits per heavy atom. The lowest BCUT2D eigenvalue weighted by molar-refractivity contribution is 0.0950. The van der Waals surface area contributed by atoms with Crippen molar-refractivity contribution in [2.24, 2.45) is 5.10 Å². The van der Waals surface area contributed by atoms with Crippen molar-refractivity contribution in [3.8, 4) is 0 Å². The van der Waals surface area contributed by atoms with Crippen molar-refractivity contribution in [3.05, 3.63) is 65.5 Å². The summed E-state index contributed by atoms with van der Waals surface area (Å²) in [6, 6.07) is 15.8.